The summed E-state index contributed by atoms with van der Waals surface area (Å²) in [6.45, 7) is 14.4. The van der Waals surface area contributed by atoms with Gasteiger partial charge in [0.05, 0.1) is 32.8 Å². The number of piperazine rings is 2. The summed E-state index contributed by atoms with van der Waals surface area (Å²) in [5.41, 5.74) is 5.74. The van der Waals surface area contributed by atoms with Gasteiger partial charge in [0.2, 0.25) is 0 Å². The van der Waals surface area contributed by atoms with Crippen molar-refractivity contribution in [2.45, 2.75) is 13.1 Å². The third-order valence-electron chi connectivity index (χ3n) is 5.55. The quantitative estimate of drug-likeness (QED) is 0.595. The highest BCUT2D eigenvalue weighted by Gasteiger charge is 2.43. The molecule has 1 unspecified atom stereocenters. The molecule has 0 aromatic rings. The zero-order valence-electron chi connectivity index (χ0n) is 13.9. The average Bonchev–Trinajstić information content (AvgIpc) is 2.51. The van der Waals surface area contributed by atoms with Crippen LogP contribution in [0.15, 0.2) is 0 Å². The predicted molar refractivity (Wildman–Crippen MR) is 86.0 cm³/mol. The van der Waals surface area contributed by atoms with Gasteiger partial charge in [-0.2, -0.15) is 0 Å². The van der Waals surface area contributed by atoms with Gasteiger partial charge in [-0.15, -0.1) is 0 Å². The Morgan fingerprint density at radius 3 is 2.38 bits per heavy atom. The maximum atomic E-state index is 9.12. The van der Waals surface area contributed by atoms with E-state index in [4.69, 9.17) is 10.8 Å². The first kappa shape index (κ1) is 17.1. The van der Waals surface area contributed by atoms with Gasteiger partial charge in [0.15, 0.2) is 6.17 Å². The van der Waals surface area contributed by atoms with Crippen LogP contribution in [0, 0.1) is 0 Å². The minimum Gasteiger partial charge on any atom is -0.395 e. The second-order valence-electron chi connectivity index (χ2n) is 6.60. The molecule has 2 aliphatic heterocycles. The molecule has 0 amide bonds. The van der Waals surface area contributed by atoms with Crippen molar-refractivity contribution in [2.24, 2.45) is 5.73 Å². The largest absolute Gasteiger partial charge is 0.395 e. The summed E-state index contributed by atoms with van der Waals surface area (Å²) in [7, 11) is 2.28. The van der Waals surface area contributed by atoms with Crippen LogP contribution in [0.25, 0.3) is 0 Å². The number of hydrogen-bond acceptors (Lipinski definition) is 5. The SMILES string of the molecule is CC[N+]1(C2CN(CCN)CCN2C)CCN(CCO)CC1. The predicted octanol–water partition coefficient (Wildman–Crippen LogP) is -1.34. The maximum Gasteiger partial charge on any atom is 0.158 e. The van der Waals surface area contributed by atoms with Crippen molar-refractivity contribution in [2.75, 3.05) is 85.6 Å². The molecule has 2 aliphatic rings. The van der Waals surface area contributed by atoms with Crippen LogP contribution in [0.5, 0.6) is 0 Å². The molecule has 0 aromatic heterocycles. The van der Waals surface area contributed by atoms with Crippen molar-refractivity contribution in [3.8, 4) is 0 Å². The highest BCUT2D eigenvalue weighted by atomic mass is 16.3. The lowest BCUT2D eigenvalue weighted by Gasteiger charge is -2.54. The molecule has 3 N–H and O–H groups in total. The second-order valence-corrected chi connectivity index (χ2v) is 6.60. The van der Waals surface area contributed by atoms with Crippen LogP contribution < -0.4 is 5.73 Å². The third-order valence-corrected chi connectivity index (χ3v) is 5.55. The fourth-order valence-electron chi connectivity index (χ4n) is 3.98. The Morgan fingerprint density at radius 2 is 1.81 bits per heavy atom. The van der Waals surface area contributed by atoms with Crippen LogP contribution in [0.1, 0.15) is 6.92 Å². The highest BCUT2D eigenvalue weighted by molar-refractivity contribution is 4.77. The normalized spacial score (nSPS) is 28.9. The summed E-state index contributed by atoms with van der Waals surface area (Å²) in [5, 5.41) is 9.12. The van der Waals surface area contributed by atoms with E-state index in [1.807, 2.05) is 0 Å². The van der Waals surface area contributed by atoms with Gasteiger partial charge >= 0.3 is 0 Å². The van der Waals surface area contributed by atoms with Gasteiger partial charge in [-0.25, -0.2) is 0 Å². The third kappa shape index (κ3) is 3.94. The number of nitrogens with two attached hydrogens (primary N) is 1. The fraction of sp³-hybridized carbons (Fsp3) is 1.00. The minimum absolute atomic E-state index is 0.278. The molecule has 0 spiro atoms. The van der Waals surface area contributed by atoms with E-state index in [0.29, 0.717) is 6.17 Å². The Hall–Kier alpha value is -0.240. The van der Waals surface area contributed by atoms with Crippen LogP contribution in [0.2, 0.25) is 0 Å². The summed E-state index contributed by atoms with van der Waals surface area (Å²) >= 11 is 0. The summed E-state index contributed by atoms with van der Waals surface area (Å²) in [5.74, 6) is 0. The van der Waals surface area contributed by atoms with Crippen LogP contribution in [-0.4, -0.2) is 116 Å². The number of quaternary nitrogens is 1. The molecule has 2 heterocycles. The molecule has 6 heteroatoms. The molecular formula is C15H34N5O+. The first-order chi connectivity index (χ1) is 10.1. The molecule has 124 valence electrons. The van der Waals surface area contributed by atoms with Gasteiger partial charge in [0, 0.05) is 45.8 Å². The molecular weight excluding hydrogens is 266 g/mol. The Balaban J connectivity index is 2.01. The van der Waals surface area contributed by atoms with E-state index in [0.717, 1.165) is 52.4 Å². The van der Waals surface area contributed by atoms with Gasteiger partial charge in [0.1, 0.15) is 0 Å². The van der Waals surface area contributed by atoms with Crippen molar-refractivity contribution in [1.82, 2.24) is 14.7 Å². The molecule has 0 saturated carbocycles. The van der Waals surface area contributed by atoms with Gasteiger partial charge in [0.25, 0.3) is 0 Å². The van der Waals surface area contributed by atoms with Gasteiger partial charge in [-0.05, 0) is 14.0 Å². The molecule has 2 rings (SSSR count). The number of rotatable bonds is 6. The molecule has 2 fully saturated rings. The van der Waals surface area contributed by atoms with Crippen LogP contribution in [0.3, 0.4) is 0 Å². The number of β-amino-alcohol motifs (C(OH)–C–C–N with tert-alkyl or cyclic N) is 1. The zero-order chi connectivity index (χ0) is 15.3. The number of aliphatic hydroxyl groups excluding tert-OH is 1. The average molecular weight is 300 g/mol. The number of nitrogens with zero attached hydrogens (tertiary/aromatic N) is 4. The van der Waals surface area contributed by atoms with E-state index in [9.17, 15) is 0 Å². The van der Waals surface area contributed by atoms with E-state index in [-0.39, 0.29) is 6.61 Å². The summed E-state index contributed by atoms with van der Waals surface area (Å²) in [4.78, 5) is 7.48. The van der Waals surface area contributed by atoms with E-state index in [1.54, 1.807) is 0 Å². The number of aliphatic hydroxyl groups is 1. The smallest absolute Gasteiger partial charge is 0.158 e. The Morgan fingerprint density at radius 1 is 1.10 bits per heavy atom. The molecule has 0 aromatic carbocycles. The van der Waals surface area contributed by atoms with Crippen LogP contribution >= 0.6 is 0 Å². The molecule has 0 radical (unpaired) electrons. The zero-order valence-corrected chi connectivity index (χ0v) is 13.9. The number of likely N-dealkylation sites (N-methyl/N-ethyl adjacent to an activating group) is 2. The first-order valence-corrected chi connectivity index (χ1v) is 8.47. The molecule has 0 aliphatic carbocycles. The molecule has 0 bridgehead atoms. The van der Waals surface area contributed by atoms with Crippen molar-refractivity contribution in [3.63, 3.8) is 0 Å². The molecule has 1 atom stereocenters. The van der Waals surface area contributed by atoms with Crippen molar-refractivity contribution >= 4 is 0 Å². The summed E-state index contributed by atoms with van der Waals surface area (Å²) in [6.07, 6.45) is 0.589. The monoisotopic (exact) mass is 300 g/mol. The lowest BCUT2D eigenvalue weighted by molar-refractivity contribution is -0.964. The van der Waals surface area contributed by atoms with E-state index in [2.05, 4.69) is 28.7 Å². The summed E-state index contributed by atoms with van der Waals surface area (Å²) in [6, 6.07) is 0. The fourth-order valence-corrected chi connectivity index (χ4v) is 3.98. The molecule has 21 heavy (non-hydrogen) atoms. The Bertz CT molecular complexity index is 306. The maximum absolute atomic E-state index is 9.12. The topological polar surface area (TPSA) is 56.0 Å². The number of hydrogen-bond donors (Lipinski definition) is 2. The van der Waals surface area contributed by atoms with E-state index >= 15 is 0 Å². The van der Waals surface area contributed by atoms with Gasteiger partial charge in [-0.1, -0.05) is 0 Å². The standard InChI is InChI=1S/C15H34N5O/c1-3-20(11-8-18(9-12-20)10-13-21)15-14-19(5-4-16)7-6-17(15)2/h15,21H,3-14,16H2,1-2H3/q+1. The van der Waals surface area contributed by atoms with Crippen molar-refractivity contribution in [3.05, 3.63) is 0 Å². The molecule has 6 nitrogen and oxygen atoms in total. The highest BCUT2D eigenvalue weighted by Crippen LogP contribution is 2.23. The second kappa shape index (κ2) is 7.85. The van der Waals surface area contributed by atoms with Crippen molar-refractivity contribution < 1.29 is 9.59 Å². The van der Waals surface area contributed by atoms with E-state index < -0.39 is 0 Å². The summed E-state index contributed by atoms with van der Waals surface area (Å²) < 4.78 is 1.19. The lowest BCUT2D eigenvalue weighted by Crippen LogP contribution is -2.72. The lowest BCUT2D eigenvalue weighted by atomic mass is 10.1. The van der Waals surface area contributed by atoms with Gasteiger partial charge < -0.3 is 15.3 Å². The first-order valence-electron chi connectivity index (χ1n) is 8.47. The minimum atomic E-state index is 0.278. The Kier molecular flexibility index (Phi) is 6.40. The van der Waals surface area contributed by atoms with E-state index in [1.165, 1.54) is 24.1 Å². The van der Waals surface area contributed by atoms with Gasteiger partial charge in [-0.3, -0.25) is 14.7 Å². The van der Waals surface area contributed by atoms with Crippen molar-refractivity contribution in [1.29, 1.82) is 0 Å². The molecule has 2 saturated heterocycles. The van der Waals surface area contributed by atoms with Crippen LogP contribution in [-0.2, 0) is 0 Å². The Labute approximate surface area is 129 Å². The van der Waals surface area contributed by atoms with Crippen LogP contribution in [0.4, 0.5) is 0 Å².